The van der Waals surface area contributed by atoms with Crippen LogP contribution < -0.4 is 35.3 Å². The number of halogens is 1. The van der Waals surface area contributed by atoms with Crippen molar-refractivity contribution < 1.29 is 42.5 Å². The maximum Gasteiger partial charge on any atom is 1.00 e. The molecule has 13 heavy (non-hydrogen) atoms. The third-order valence-electron chi connectivity index (χ3n) is 1.26. The summed E-state index contributed by atoms with van der Waals surface area (Å²) < 4.78 is 31.3. The van der Waals surface area contributed by atoms with Crippen LogP contribution in [0.3, 0.4) is 0 Å². The van der Waals surface area contributed by atoms with Crippen molar-refractivity contribution >= 4 is 27.4 Å². The van der Waals surface area contributed by atoms with Gasteiger partial charge in [0.25, 0.3) is 0 Å². The van der Waals surface area contributed by atoms with Gasteiger partial charge < -0.3 is 10.3 Å². The molecular formula is C6H5ClNNaO3S. The van der Waals surface area contributed by atoms with Gasteiger partial charge in [0.2, 0.25) is 0 Å². The first-order chi connectivity index (χ1) is 5.41. The fraction of sp³-hybridized carbons (Fsp3) is 0. The Kier molecular flexibility index (Phi) is 4.71. The van der Waals surface area contributed by atoms with Gasteiger partial charge in [-0.25, -0.2) is 8.42 Å². The zero-order valence-corrected chi connectivity index (χ0v) is 10.4. The Bertz CT molecular complexity index is 406. The molecule has 66 valence electrons. The number of hydrogen-bond acceptors (Lipinski definition) is 4. The van der Waals surface area contributed by atoms with E-state index >= 15 is 0 Å². The Balaban J connectivity index is 0.00000144. The minimum absolute atomic E-state index is 0. The van der Waals surface area contributed by atoms with E-state index in [0.717, 1.165) is 12.1 Å². The molecule has 1 aromatic rings. The number of rotatable bonds is 1. The van der Waals surface area contributed by atoms with Gasteiger partial charge in [-0.15, -0.1) is 0 Å². The summed E-state index contributed by atoms with van der Waals surface area (Å²) in [6.07, 6.45) is 0. The molecule has 0 bridgehead atoms. The quantitative estimate of drug-likeness (QED) is 0.338. The fourth-order valence-corrected chi connectivity index (χ4v) is 1.30. The fourth-order valence-electron chi connectivity index (χ4n) is 0.677. The molecule has 1 aromatic carbocycles. The van der Waals surface area contributed by atoms with Gasteiger partial charge >= 0.3 is 29.6 Å². The summed E-state index contributed by atoms with van der Waals surface area (Å²) in [5.74, 6) is 0. The van der Waals surface area contributed by atoms with Crippen molar-refractivity contribution in [3.63, 3.8) is 0 Å². The molecule has 0 fully saturated rings. The van der Waals surface area contributed by atoms with Crippen LogP contribution in [0.25, 0.3) is 0 Å². The minimum atomic E-state index is -4.43. The van der Waals surface area contributed by atoms with Crippen LogP contribution in [0.1, 0.15) is 0 Å². The van der Waals surface area contributed by atoms with Crippen LogP contribution in [-0.4, -0.2) is 13.0 Å². The number of anilines is 1. The van der Waals surface area contributed by atoms with Crippen LogP contribution in [0.4, 0.5) is 5.69 Å². The van der Waals surface area contributed by atoms with Gasteiger partial charge in [0.1, 0.15) is 10.1 Å². The molecule has 0 heterocycles. The van der Waals surface area contributed by atoms with Crippen molar-refractivity contribution in [2.24, 2.45) is 0 Å². The maximum atomic E-state index is 10.4. The summed E-state index contributed by atoms with van der Waals surface area (Å²) in [5, 5.41) is 0.224. The third kappa shape index (κ3) is 3.46. The van der Waals surface area contributed by atoms with E-state index < -0.39 is 10.1 Å². The van der Waals surface area contributed by atoms with Crippen molar-refractivity contribution in [3.8, 4) is 0 Å². The molecule has 0 saturated carbocycles. The van der Waals surface area contributed by atoms with E-state index in [-0.39, 0.29) is 45.2 Å². The van der Waals surface area contributed by atoms with Gasteiger partial charge in [-0.05, 0) is 18.2 Å². The van der Waals surface area contributed by atoms with E-state index in [1.807, 2.05) is 0 Å². The largest absolute Gasteiger partial charge is 1.00 e. The van der Waals surface area contributed by atoms with E-state index in [9.17, 15) is 13.0 Å². The standard InChI is InChI=1S/C6H6ClNO3S.Na/c7-5-2-1-4(3-6(5)8)12(9,10)11;/h1-3H,8H2,(H,9,10,11);/q;+1/p-1. The van der Waals surface area contributed by atoms with Gasteiger partial charge in [0.05, 0.1) is 15.6 Å². The van der Waals surface area contributed by atoms with Crippen LogP contribution >= 0.6 is 11.6 Å². The van der Waals surface area contributed by atoms with Gasteiger partial charge in [-0.3, -0.25) is 0 Å². The van der Waals surface area contributed by atoms with Crippen LogP contribution in [0.2, 0.25) is 5.02 Å². The molecule has 0 aliphatic heterocycles. The molecule has 7 heteroatoms. The zero-order valence-electron chi connectivity index (χ0n) is 6.82. The summed E-state index contributed by atoms with van der Waals surface area (Å²) in [6, 6.07) is 3.41. The number of nitrogens with two attached hydrogens (primary N) is 1. The summed E-state index contributed by atoms with van der Waals surface area (Å²) in [5.41, 5.74) is 5.36. The summed E-state index contributed by atoms with van der Waals surface area (Å²) >= 11 is 5.51. The van der Waals surface area contributed by atoms with Gasteiger partial charge in [0.15, 0.2) is 0 Å². The van der Waals surface area contributed by atoms with Gasteiger partial charge in [-0.2, -0.15) is 0 Å². The zero-order chi connectivity index (χ0) is 9.35. The number of nitrogen functional groups attached to an aromatic ring is 1. The van der Waals surface area contributed by atoms with E-state index in [0.29, 0.717) is 0 Å². The summed E-state index contributed by atoms with van der Waals surface area (Å²) in [7, 11) is -4.43. The van der Waals surface area contributed by atoms with E-state index in [1.165, 1.54) is 6.07 Å². The van der Waals surface area contributed by atoms with Crippen molar-refractivity contribution in [2.45, 2.75) is 4.90 Å². The average Bonchev–Trinajstić information content (AvgIpc) is 1.92. The van der Waals surface area contributed by atoms with E-state index in [1.54, 1.807) is 0 Å². The molecule has 0 atom stereocenters. The monoisotopic (exact) mass is 229 g/mol. The molecule has 0 amide bonds. The summed E-state index contributed by atoms with van der Waals surface area (Å²) in [6.45, 7) is 0. The normalized spacial score (nSPS) is 10.6. The Morgan fingerprint density at radius 2 is 1.92 bits per heavy atom. The molecule has 0 unspecified atom stereocenters. The first-order valence-corrected chi connectivity index (χ1v) is 4.71. The van der Waals surface area contributed by atoms with Crippen molar-refractivity contribution in [3.05, 3.63) is 23.2 Å². The molecule has 0 aliphatic carbocycles. The average molecular weight is 230 g/mol. The van der Waals surface area contributed by atoms with E-state index in [4.69, 9.17) is 17.3 Å². The second-order valence-electron chi connectivity index (χ2n) is 2.14. The van der Waals surface area contributed by atoms with Crippen LogP contribution in [0.15, 0.2) is 23.1 Å². The molecule has 0 radical (unpaired) electrons. The first kappa shape index (κ1) is 13.2. The Labute approximate surface area is 103 Å². The molecule has 0 aliphatic rings. The number of hydrogen-bond donors (Lipinski definition) is 1. The van der Waals surface area contributed by atoms with Crippen molar-refractivity contribution in [1.82, 2.24) is 0 Å². The SMILES string of the molecule is Nc1cc(S(=O)(=O)[O-])ccc1Cl.[Na+]. The Morgan fingerprint density at radius 3 is 2.31 bits per heavy atom. The predicted octanol–water partition coefficient (Wildman–Crippen LogP) is -2.17. The van der Waals surface area contributed by atoms with Crippen molar-refractivity contribution in [1.29, 1.82) is 0 Å². The molecule has 4 nitrogen and oxygen atoms in total. The van der Waals surface area contributed by atoms with Crippen LogP contribution in [0.5, 0.6) is 0 Å². The number of benzene rings is 1. The molecule has 1 rings (SSSR count). The molecule has 2 N–H and O–H groups in total. The van der Waals surface area contributed by atoms with Gasteiger partial charge in [-0.1, -0.05) is 11.6 Å². The maximum absolute atomic E-state index is 10.4. The smallest absolute Gasteiger partial charge is 0.744 e. The third-order valence-corrected chi connectivity index (χ3v) is 2.43. The molecular weight excluding hydrogens is 225 g/mol. The molecule has 0 aromatic heterocycles. The Hall–Kier alpha value is 0.220. The second-order valence-corrected chi connectivity index (χ2v) is 3.92. The topological polar surface area (TPSA) is 83.2 Å². The molecule has 0 saturated heterocycles. The van der Waals surface area contributed by atoms with Crippen molar-refractivity contribution in [2.75, 3.05) is 5.73 Å². The molecule has 0 spiro atoms. The minimum Gasteiger partial charge on any atom is -0.744 e. The van der Waals surface area contributed by atoms with E-state index in [2.05, 4.69) is 0 Å². The predicted molar refractivity (Wildman–Crippen MR) is 43.8 cm³/mol. The van der Waals surface area contributed by atoms with Crippen LogP contribution in [-0.2, 0) is 10.1 Å². The van der Waals surface area contributed by atoms with Gasteiger partial charge in [0, 0.05) is 0 Å². The first-order valence-electron chi connectivity index (χ1n) is 2.92. The van der Waals surface area contributed by atoms with Crippen LogP contribution in [0, 0.1) is 0 Å². The second kappa shape index (κ2) is 4.63. The summed E-state index contributed by atoms with van der Waals surface area (Å²) in [4.78, 5) is -0.371. The Morgan fingerprint density at radius 1 is 1.38 bits per heavy atom.